The van der Waals surface area contributed by atoms with Crippen molar-refractivity contribution in [2.45, 2.75) is 0 Å². The molecule has 0 fully saturated rings. The summed E-state index contributed by atoms with van der Waals surface area (Å²) in [7, 11) is 0. The van der Waals surface area contributed by atoms with E-state index in [-0.39, 0.29) is 22.2 Å². The van der Waals surface area contributed by atoms with E-state index in [0.29, 0.717) is 4.47 Å². The van der Waals surface area contributed by atoms with Crippen LogP contribution in [0.1, 0.15) is 0 Å². The highest BCUT2D eigenvalue weighted by Crippen LogP contribution is 2.33. The van der Waals surface area contributed by atoms with Crippen molar-refractivity contribution in [3.8, 4) is 11.5 Å². The van der Waals surface area contributed by atoms with E-state index in [9.17, 15) is 14.5 Å². The number of rotatable bonds is 3. The van der Waals surface area contributed by atoms with E-state index in [0.717, 1.165) is 0 Å². The number of halogens is 3. The summed E-state index contributed by atoms with van der Waals surface area (Å²) in [6.07, 6.45) is 0. The molecule has 19 heavy (non-hydrogen) atoms. The Morgan fingerprint density at radius 2 is 2.00 bits per heavy atom. The topological polar surface area (TPSA) is 52.4 Å². The number of ether oxygens (including phenoxy) is 1. The molecule has 0 unspecified atom stereocenters. The minimum atomic E-state index is -0.561. The highest BCUT2D eigenvalue weighted by atomic mass is 79.9. The standard InChI is InChI=1S/C12H6BrClFNO3/c13-9-3-2-8(6-11(9)15)19-12-4-1-7(16(17)18)5-10(12)14/h1-6H. The van der Waals surface area contributed by atoms with E-state index in [1.807, 2.05) is 0 Å². The third kappa shape index (κ3) is 3.21. The third-order valence-corrected chi connectivity index (χ3v) is 3.18. The lowest BCUT2D eigenvalue weighted by molar-refractivity contribution is -0.384. The lowest BCUT2D eigenvalue weighted by atomic mass is 10.3. The molecule has 0 atom stereocenters. The van der Waals surface area contributed by atoms with Gasteiger partial charge >= 0.3 is 0 Å². The maximum atomic E-state index is 13.3. The molecule has 0 radical (unpaired) electrons. The Balaban J connectivity index is 2.28. The van der Waals surface area contributed by atoms with Crippen molar-refractivity contribution >= 4 is 33.2 Å². The predicted molar refractivity (Wildman–Crippen MR) is 72.3 cm³/mol. The van der Waals surface area contributed by atoms with Gasteiger partial charge in [0, 0.05) is 18.2 Å². The molecule has 0 aromatic heterocycles. The van der Waals surface area contributed by atoms with Crippen molar-refractivity contribution in [1.82, 2.24) is 0 Å². The monoisotopic (exact) mass is 345 g/mol. The van der Waals surface area contributed by atoms with Gasteiger partial charge in [0.25, 0.3) is 5.69 Å². The van der Waals surface area contributed by atoms with Crippen LogP contribution in [0.2, 0.25) is 5.02 Å². The average molecular weight is 347 g/mol. The Bertz CT molecular complexity index is 651. The van der Waals surface area contributed by atoms with Crippen LogP contribution >= 0.6 is 27.5 Å². The van der Waals surface area contributed by atoms with Crippen LogP contribution in [0.5, 0.6) is 11.5 Å². The molecule has 2 aromatic rings. The van der Waals surface area contributed by atoms with Crippen LogP contribution in [0.4, 0.5) is 10.1 Å². The third-order valence-electron chi connectivity index (χ3n) is 2.25. The number of benzene rings is 2. The Hall–Kier alpha value is -1.66. The van der Waals surface area contributed by atoms with Crippen LogP contribution in [-0.4, -0.2) is 4.92 Å². The second-order valence-electron chi connectivity index (χ2n) is 3.55. The summed E-state index contributed by atoms with van der Waals surface area (Å²) >= 11 is 8.89. The first-order valence-corrected chi connectivity index (χ1v) is 6.21. The number of hydrogen-bond acceptors (Lipinski definition) is 3. The minimum absolute atomic E-state index is 0.0810. The summed E-state index contributed by atoms with van der Waals surface area (Å²) < 4.78 is 19.0. The summed E-state index contributed by atoms with van der Waals surface area (Å²) in [4.78, 5) is 10.00. The zero-order valence-electron chi connectivity index (χ0n) is 9.27. The zero-order valence-corrected chi connectivity index (χ0v) is 11.6. The summed E-state index contributed by atoms with van der Waals surface area (Å²) in [5, 5.41) is 10.6. The van der Waals surface area contributed by atoms with Gasteiger partial charge in [-0.15, -0.1) is 0 Å². The molecule has 0 aliphatic heterocycles. The van der Waals surface area contributed by atoms with Gasteiger partial charge in [-0.05, 0) is 34.1 Å². The Labute approximate surface area is 121 Å². The van der Waals surface area contributed by atoms with Crippen molar-refractivity contribution in [1.29, 1.82) is 0 Å². The lowest BCUT2D eigenvalue weighted by Gasteiger charge is -2.07. The normalized spacial score (nSPS) is 10.3. The van der Waals surface area contributed by atoms with Crippen molar-refractivity contribution in [2.75, 3.05) is 0 Å². The molecule has 2 rings (SSSR count). The maximum absolute atomic E-state index is 13.3. The van der Waals surface area contributed by atoms with Crippen molar-refractivity contribution in [3.63, 3.8) is 0 Å². The molecule has 0 spiro atoms. The van der Waals surface area contributed by atoms with Crippen molar-refractivity contribution in [3.05, 3.63) is 61.8 Å². The quantitative estimate of drug-likeness (QED) is 0.584. The Morgan fingerprint density at radius 1 is 1.26 bits per heavy atom. The highest BCUT2D eigenvalue weighted by Gasteiger charge is 2.11. The number of nitro benzene ring substituents is 1. The van der Waals surface area contributed by atoms with Crippen LogP contribution in [0.25, 0.3) is 0 Å². The fraction of sp³-hybridized carbons (Fsp3) is 0. The van der Waals surface area contributed by atoms with Gasteiger partial charge in [-0.2, -0.15) is 0 Å². The van der Waals surface area contributed by atoms with E-state index in [1.165, 1.54) is 30.3 Å². The Kier molecular flexibility index (Phi) is 4.01. The first-order valence-electron chi connectivity index (χ1n) is 5.04. The molecule has 0 heterocycles. The SMILES string of the molecule is O=[N+]([O-])c1ccc(Oc2ccc(Br)c(F)c2)c(Cl)c1. The number of non-ortho nitro benzene ring substituents is 1. The second-order valence-corrected chi connectivity index (χ2v) is 4.81. The lowest BCUT2D eigenvalue weighted by Crippen LogP contribution is -1.90. The predicted octanol–water partition coefficient (Wildman–Crippen LogP) is 4.94. The van der Waals surface area contributed by atoms with Gasteiger partial charge in [-0.1, -0.05) is 11.6 Å². The summed E-state index contributed by atoms with van der Waals surface area (Å²) in [6.45, 7) is 0. The summed E-state index contributed by atoms with van der Waals surface area (Å²) in [6, 6.07) is 8.01. The molecule has 7 heteroatoms. The van der Waals surface area contributed by atoms with Crippen LogP contribution in [0.15, 0.2) is 40.9 Å². The molecular weight excluding hydrogens is 340 g/mol. The average Bonchev–Trinajstić information content (AvgIpc) is 2.36. The van der Waals surface area contributed by atoms with E-state index >= 15 is 0 Å². The fourth-order valence-electron chi connectivity index (χ4n) is 1.35. The van der Waals surface area contributed by atoms with E-state index in [1.54, 1.807) is 6.07 Å². The van der Waals surface area contributed by atoms with Crippen molar-refractivity contribution < 1.29 is 14.1 Å². The van der Waals surface area contributed by atoms with Gasteiger partial charge < -0.3 is 4.74 Å². The van der Waals surface area contributed by atoms with E-state index < -0.39 is 10.7 Å². The van der Waals surface area contributed by atoms with Crippen LogP contribution < -0.4 is 4.74 Å². The molecule has 2 aromatic carbocycles. The van der Waals surface area contributed by atoms with Crippen molar-refractivity contribution in [2.24, 2.45) is 0 Å². The van der Waals surface area contributed by atoms with Gasteiger partial charge in [0.2, 0.25) is 0 Å². The molecule has 0 bridgehead atoms. The summed E-state index contributed by atoms with van der Waals surface area (Å²) in [5.41, 5.74) is -0.140. The molecular formula is C12H6BrClFNO3. The van der Waals surface area contributed by atoms with Gasteiger partial charge in [0.15, 0.2) is 0 Å². The Morgan fingerprint density at radius 3 is 2.58 bits per heavy atom. The van der Waals surface area contributed by atoms with Crippen LogP contribution in [0, 0.1) is 15.9 Å². The largest absolute Gasteiger partial charge is 0.456 e. The van der Waals surface area contributed by atoms with E-state index in [4.69, 9.17) is 16.3 Å². The maximum Gasteiger partial charge on any atom is 0.271 e. The molecule has 0 saturated heterocycles. The number of nitro groups is 1. The molecule has 4 nitrogen and oxygen atoms in total. The van der Waals surface area contributed by atoms with Gasteiger partial charge in [-0.3, -0.25) is 10.1 Å². The first kappa shape index (κ1) is 13.8. The number of hydrogen-bond donors (Lipinski definition) is 0. The summed E-state index contributed by atoms with van der Waals surface area (Å²) in [5.74, 6) is -0.0130. The first-order chi connectivity index (χ1) is 8.97. The minimum Gasteiger partial charge on any atom is -0.456 e. The van der Waals surface area contributed by atoms with Gasteiger partial charge in [0.1, 0.15) is 17.3 Å². The molecule has 0 aliphatic rings. The zero-order chi connectivity index (χ0) is 14.0. The van der Waals surface area contributed by atoms with Gasteiger partial charge in [0.05, 0.1) is 14.4 Å². The van der Waals surface area contributed by atoms with E-state index in [2.05, 4.69) is 15.9 Å². The molecule has 0 amide bonds. The second kappa shape index (κ2) is 5.54. The smallest absolute Gasteiger partial charge is 0.271 e. The molecule has 98 valence electrons. The fourth-order valence-corrected chi connectivity index (χ4v) is 1.81. The van der Waals surface area contributed by atoms with Gasteiger partial charge in [-0.25, -0.2) is 4.39 Å². The highest BCUT2D eigenvalue weighted by molar-refractivity contribution is 9.10. The molecule has 0 N–H and O–H groups in total. The van der Waals surface area contributed by atoms with Crippen LogP contribution in [-0.2, 0) is 0 Å². The number of nitrogens with zero attached hydrogens (tertiary/aromatic N) is 1. The molecule has 0 aliphatic carbocycles. The molecule has 0 saturated carbocycles. The van der Waals surface area contributed by atoms with Crippen LogP contribution in [0.3, 0.4) is 0 Å².